The molecule has 1 atom stereocenters. The fourth-order valence-electron chi connectivity index (χ4n) is 2.15. The molecule has 18 heavy (non-hydrogen) atoms. The van der Waals surface area contributed by atoms with Gasteiger partial charge >= 0.3 is 0 Å². The van der Waals surface area contributed by atoms with Crippen LogP contribution in [-0.4, -0.2) is 58.0 Å². The molecule has 0 aliphatic carbocycles. The van der Waals surface area contributed by atoms with E-state index >= 15 is 0 Å². The van der Waals surface area contributed by atoms with Gasteiger partial charge in [0.15, 0.2) is 0 Å². The Bertz CT molecular complexity index is 330. The summed E-state index contributed by atoms with van der Waals surface area (Å²) in [5, 5.41) is 0. The number of nitrogens with zero attached hydrogens (tertiary/aromatic N) is 1. The van der Waals surface area contributed by atoms with Gasteiger partial charge in [-0.25, -0.2) is 13.1 Å². The van der Waals surface area contributed by atoms with Crippen molar-refractivity contribution in [1.29, 1.82) is 0 Å². The SMILES string of the molecule is CCCS(=O)(=O)NCC1CN(CC(C)C)CCO1. The van der Waals surface area contributed by atoms with E-state index < -0.39 is 10.0 Å². The van der Waals surface area contributed by atoms with E-state index in [2.05, 4.69) is 23.5 Å². The highest BCUT2D eigenvalue weighted by Gasteiger charge is 2.22. The summed E-state index contributed by atoms with van der Waals surface area (Å²) in [4.78, 5) is 2.34. The number of sulfonamides is 1. The molecule has 0 radical (unpaired) electrons. The second-order valence-corrected chi connectivity index (χ2v) is 7.24. The average Bonchev–Trinajstić information content (AvgIpc) is 2.26. The monoisotopic (exact) mass is 278 g/mol. The van der Waals surface area contributed by atoms with Gasteiger partial charge < -0.3 is 4.74 Å². The van der Waals surface area contributed by atoms with Crippen molar-refractivity contribution in [3.05, 3.63) is 0 Å². The summed E-state index contributed by atoms with van der Waals surface area (Å²) in [6, 6.07) is 0. The van der Waals surface area contributed by atoms with E-state index in [4.69, 9.17) is 4.74 Å². The zero-order valence-corrected chi connectivity index (χ0v) is 12.5. The molecule has 1 unspecified atom stereocenters. The minimum Gasteiger partial charge on any atom is -0.374 e. The Hall–Kier alpha value is -0.170. The Morgan fingerprint density at radius 3 is 2.78 bits per heavy atom. The van der Waals surface area contributed by atoms with E-state index in [0.29, 0.717) is 25.5 Å². The molecular weight excluding hydrogens is 252 g/mol. The Kier molecular flexibility index (Phi) is 6.55. The Morgan fingerprint density at radius 1 is 1.44 bits per heavy atom. The smallest absolute Gasteiger partial charge is 0.211 e. The maximum Gasteiger partial charge on any atom is 0.211 e. The van der Waals surface area contributed by atoms with Crippen molar-refractivity contribution in [3.63, 3.8) is 0 Å². The van der Waals surface area contributed by atoms with Gasteiger partial charge in [0, 0.05) is 26.2 Å². The van der Waals surface area contributed by atoms with Gasteiger partial charge in [-0.05, 0) is 12.3 Å². The van der Waals surface area contributed by atoms with Gasteiger partial charge in [0.2, 0.25) is 10.0 Å². The topological polar surface area (TPSA) is 58.6 Å². The fraction of sp³-hybridized carbons (Fsp3) is 1.00. The molecular formula is C12H26N2O3S. The lowest BCUT2D eigenvalue weighted by Gasteiger charge is -2.33. The number of morpholine rings is 1. The van der Waals surface area contributed by atoms with Crippen LogP contribution in [0.25, 0.3) is 0 Å². The summed E-state index contributed by atoms with van der Waals surface area (Å²) in [5.41, 5.74) is 0. The first-order valence-corrected chi connectivity index (χ1v) is 8.39. The van der Waals surface area contributed by atoms with Crippen LogP contribution in [0.3, 0.4) is 0 Å². The van der Waals surface area contributed by atoms with Crippen molar-refractivity contribution < 1.29 is 13.2 Å². The van der Waals surface area contributed by atoms with Crippen LogP contribution in [0.1, 0.15) is 27.2 Å². The van der Waals surface area contributed by atoms with Crippen molar-refractivity contribution in [2.75, 3.05) is 38.5 Å². The molecule has 0 aromatic carbocycles. The van der Waals surface area contributed by atoms with Crippen molar-refractivity contribution in [3.8, 4) is 0 Å². The third-order valence-corrected chi connectivity index (χ3v) is 4.40. The van der Waals surface area contributed by atoms with Crippen LogP contribution in [0, 0.1) is 5.92 Å². The van der Waals surface area contributed by atoms with Crippen molar-refractivity contribution >= 4 is 10.0 Å². The zero-order chi connectivity index (χ0) is 13.6. The molecule has 5 nitrogen and oxygen atoms in total. The minimum absolute atomic E-state index is 0.0240. The largest absolute Gasteiger partial charge is 0.374 e. The van der Waals surface area contributed by atoms with Gasteiger partial charge in [-0.3, -0.25) is 4.90 Å². The maximum absolute atomic E-state index is 11.6. The summed E-state index contributed by atoms with van der Waals surface area (Å²) >= 11 is 0. The molecule has 1 saturated heterocycles. The fourth-order valence-corrected chi connectivity index (χ4v) is 3.27. The predicted octanol–water partition coefficient (Wildman–Crippen LogP) is 0.673. The molecule has 0 amide bonds. The molecule has 108 valence electrons. The van der Waals surface area contributed by atoms with Gasteiger partial charge in [0.25, 0.3) is 0 Å². The van der Waals surface area contributed by atoms with Gasteiger partial charge in [0.1, 0.15) is 0 Å². The molecule has 1 aliphatic rings. The van der Waals surface area contributed by atoms with Crippen LogP contribution in [0.5, 0.6) is 0 Å². The van der Waals surface area contributed by atoms with Crippen molar-refractivity contribution in [2.45, 2.75) is 33.3 Å². The van der Waals surface area contributed by atoms with E-state index in [0.717, 1.165) is 19.6 Å². The van der Waals surface area contributed by atoms with Crippen LogP contribution < -0.4 is 4.72 Å². The highest BCUT2D eigenvalue weighted by molar-refractivity contribution is 7.89. The Morgan fingerprint density at radius 2 is 2.17 bits per heavy atom. The molecule has 0 spiro atoms. The Labute approximate surface area is 111 Å². The second-order valence-electron chi connectivity index (χ2n) is 5.31. The number of ether oxygens (including phenoxy) is 1. The van der Waals surface area contributed by atoms with Crippen LogP contribution in [0.4, 0.5) is 0 Å². The van der Waals surface area contributed by atoms with E-state index in [1.54, 1.807) is 0 Å². The number of rotatable bonds is 7. The summed E-state index contributed by atoms with van der Waals surface area (Å²) < 4.78 is 31.3. The molecule has 0 aromatic heterocycles. The lowest BCUT2D eigenvalue weighted by Crippen LogP contribution is -2.48. The molecule has 0 aromatic rings. The molecule has 0 saturated carbocycles. The van der Waals surface area contributed by atoms with Crippen LogP contribution >= 0.6 is 0 Å². The molecule has 1 fully saturated rings. The van der Waals surface area contributed by atoms with Crippen LogP contribution in [0.15, 0.2) is 0 Å². The van der Waals surface area contributed by atoms with E-state index in [-0.39, 0.29) is 11.9 Å². The summed E-state index contributed by atoms with van der Waals surface area (Å²) in [7, 11) is -3.12. The van der Waals surface area contributed by atoms with Crippen LogP contribution in [0.2, 0.25) is 0 Å². The van der Waals surface area contributed by atoms with Gasteiger partial charge in [0.05, 0.1) is 18.5 Å². The highest BCUT2D eigenvalue weighted by atomic mass is 32.2. The summed E-state index contributed by atoms with van der Waals surface area (Å²) in [6.07, 6.45) is 0.615. The highest BCUT2D eigenvalue weighted by Crippen LogP contribution is 2.07. The molecule has 1 heterocycles. The quantitative estimate of drug-likeness (QED) is 0.744. The molecule has 1 aliphatic heterocycles. The molecule has 6 heteroatoms. The third-order valence-electron chi connectivity index (χ3n) is 2.85. The lowest BCUT2D eigenvalue weighted by molar-refractivity contribution is -0.0280. The van der Waals surface area contributed by atoms with Gasteiger partial charge in [-0.1, -0.05) is 20.8 Å². The second kappa shape index (κ2) is 7.43. The van der Waals surface area contributed by atoms with Crippen molar-refractivity contribution in [2.24, 2.45) is 5.92 Å². The maximum atomic E-state index is 11.6. The zero-order valence-electron chi connectivity index (χ0n) is 11.7. The lowest BCUT2D eigenvalue weighted by atomic mass is 10.2. The third kappa shape index (κ3) is 6.13. The predicted molar refractivity (Wildman–Crippen MR) is 73.1 cm³/mol. The molecule has 1 N–H and O–H groups in total. The normalized spacial score (nSPS) is 22.6. The average molecular weight is 278 g/mol. The summed E-state index contributed by atoms with van der Waals surface area (Å²) in [6.45, 7) is 10.1. The number of hydrogen-bond donors (Lipinski definition) is 1. The minimum atomic E-state index is -3.12. The van der Waals surface area contributed by atoms with Crippen molar-refractivity contribution in [1.82, 2.24) is 9.62 Å². The number of nitrogens with one attached hydrogen (secondary N) is 1. The van der Waals surface area contributed by atoms with E-state index in [1.165, 1.54) is 0 Å². The number of hydrogen-bond acceptors (Lipinski definition) is 4. The van der Waals surface area contributed by atoms with E-state index in [1.807, 2.05) is 6.92 Å². The van der Waals surface area contributed by atoms with Gasteiger partial charge in [-0.15, -0.1) is 0 Å². The Balaban J connectivity index is 2.34. The first-order chi connectivity index (χ1) is 8.43. The molecule has 0 bridgehead atoms. The molecule has 1 rings (SSSR count). The standard InChI is InChI=1S/C12H26N2O3S/c1-4-7-18(15,16)13-8-12-10-14(5-6-17-12)9-11(2)3/h11-13H,4-10H2,1-3H3. The van der Waals surface area contributed by atoms with E-state index in [9.17, 15) is 8.42 Å². The summed E-state index contributed by atoms with van der Waals surface area (Å²) in [5.74, 6) is 0.815. The first kappa shape index (κ1) is 15.9. The van der Waals surface area contributed by atoms with Crippen LogP contribution in [-0.2, 0) is 14.8 Å². The first-order valence-electron chi connectivity index (χ1n) is 6.74. The van der Waals surface area contributed by atoms with Gasteiger partial charge in [-0.2, -0.15) is 0 Å².